The number of carbonyl (C=O) groups is 1. The summed E-state index contributed by atoms with van der Waals surface area (Å²) >= 11 is 0. The summed E-state index contributed by atoms with van der Waals surface area (Å²) in [4.78, 5) is 12.9. The maximum Gasteiger partial charge on any atom is 0.241 e. The summed E-state index contributed by atoms with van der Waals surface area (Å²) in [7, 11) is 0. The van der Waals surface area contributed by atoms with E-state index in [4.69, 9.17) is 15.2 Å². The van der Waals surface area contributed by atoms with Gasteiger partial charge in [0, 0.05) is 17.9 Å². The zero-order chi connectivity index (χ0) is 14.8. The minimum absolute atomic E-state index is 0.000370. The third-order valence-electron chi connectivity index (χ3n) is 6.48. The molecule has 21 heavy (non-hydrogen) atoms. The summed E-state index contributed by atoms with van der Waals surface area (Å²) in [6.07, 6.45) is 5.79. The molecule has 118 valence electrons. The third-order valence-corrected chi connectivity index (χ3v) is 6.48. The summed E-state index contributed by atoms with van der Waals surface area (Å²) in [6.45, 7) is 4.93. The lowest BCUT2D eigenvalue weighted by Gasteiger charge is -2.65. The molecule has 4 rings (SSSR count). The Balaban J connectivity index is 1.50. The lowest BCUT2D eigenvalue weighted by Crippen LogP contribution is -2.82. The van der Waals surface area contributed by atoms with E-state index in [2.05, 4.69) is 19.2 Å². The SMILES string of the molecule is CC1(C)C2OCCCC2C1(N)C(=O)NC1CC2CCC1O2. The third kappa shape index (κ3) is 1.71. The monoisotopic (exact) mass is 294 g/mol. The molecule has 1 aliphatic carbocycles. The molecule has 3 saturated heterocycles. The number of ether oxygens (including phenoxy) is 2. The first-order valence-corrected chi connectivity index (χ1v) is 8.31. The molecule has 3 aliphatic heterocycles. The highest BCUT2D eigenvalue weighted by Gasteiger charge is 2.70. The fraction of sp³-hybridized carbons (Fsp3) is 0.938. The molecule has 3 N–H and O–H groups in total. The molecule has 0 aromatic rings. The fourth-order valence-electron chi connectivity index (χ4n) is 5.11. The first kappa shape index (κ1) is 14.0. The van der Waals surface area contributed by atoms with E-state index in [0.717, 1.165) is 38.7 Å². The molecule has 0 aromatic heterocycles. The van der Waals surface area contributed by atoms with Gasteiger partial charge in [-0.2, -0.15) is 0 Å². The first-order valence-electron chi connectivity index (χ1n) is 8.31. The standard InChI is InChI=1S/C16H26N2O3/c1-15(2)13-10(4-3-7-20-13)16(15,17)14(19)18-11-8-9-5-6-12(11)21-9/h9-13H,3-8,17H2,1-2H3,(H,18,19). The van der Waals surface area contributed by atoms with Crippen LogP contribution in [0.15, 0.2) is 0 Å². The summed E-state index contributed by atoms with van der Waals surface area (Å²) in [5.41, 5.74) is 5.51. The van der Waals surface area contributed by atoms with Gasteiger partial charge in [-0.25, -0.2) is 0 Å². The van der Waals surface area contributed by atoms with Crippen molar-refractivity contribution in [1.29, 1.82) is 0 Å². The molecule has 0 spiro atoms. The smallest absolute Gasteiger partial charge is 0.241 e. The summed E-state index contributed by atoms with van der Waals surface area (Å²) in [5.74, 6) is 0.154. The van der Waals surface area contributed by atoms with E-state index < -0.39 is 5.54 Å². The zero-order valence-electron chi connectivity index (χ0n) is 12.9. The molecule has 4 aliphatic rings. The van der Waals surface area contributed by atoms with E-state index in [1.807, 2.05) is 0 Å². The molecule has 0 radical (unpaired) electrons. The normalized spacial score (nSPS) is 50.3. The summed E-state index contributed by atoms with van der Waals surface area (Å²) in [5, 5.41) is 3.20. The molecule has 4 fully saturated rings. The van der Waals surface area contributed by atoms with Gasteiger partial charge in [0.2, 0.25) is 5.91 Å². The van der Waals surface area contributed by atoms with E-state index >= 15 is 0 Å². The second kappa shape index (κ2) is 4.43. The molecular weight excluding hydrogens is 268 g/mol. The number of fused-ring (bicyclic) bond motifs is 3. The Bertz CT molecular complexity index is 466. The van der Waals surface area contributed by atoms with Gasteiger partial charge in [0.25, 0.3) is 0 Å². The van der Waals surface area contributed by atoms with Gasteiger partial charge in [-0.15, -0.1) is 0 Å². The number of carbonyl (C=O) groups excluding carboxylic acids is 1. The topological polar surface area (TPSA) is 73.6 Å². The number of hydrogen-bond acceptors (Lipinski definition) is 4. The van der Waals surface area contributed by atoms with Crippen LogP contribution in [0.2, 0.25) is 0 Å². The number of rotatable bonds is 2. The largest absolute Gasteiger partial charge is 0.377 e. The maximum absolute atomic E-state index is 12.9. The molecule has 2 bridgehead atoms. The highest BCUT2D eigenvalue weighted by molar-refractivity contribution is 5.89. The van der Waals surface area contributed by atoms with Crippen molar-refractivity contribution in [1.82, 2.24) is 5.32 Å². The van der Waals surface area contributed by atoms with Crippen LogP contribution in [-0.4, -0.2) is 42.4 Å². The van der Waals surface area contributed by atoms with E-state index in [9.17, 15) is 4.79 Å². The van der Waals surface area contributed by atoms with Crippen molar-refractivity contribution in [2.75, 3.05) is 6.61 Å². The highest BCUT2D eigenvalue weighted by atomic mass is 16.5. The van der Waals surface area contributed by atoms with Gasteiger partial charge < -0.3 is 20.5 Å². The van der Waals surface area contributed by atoms with Crippen molar-refractivity contribution in [2.45, 2.75) is 75.8 Å². The molecule has 6 atom stereocenters. The van der Waals surface area contributed by atoms with Crippen LogP contribution in [0.5, 0.6) is 0 Å². The van der Waals surface area contributed by atoms with Crippen molar-refractivity contribution >= 4 is 5.91 Å². The number of hydrogen-bond donors (Lipinski definition) is 2. The molecule has 0 aromatic carbocycles. The van der Waals surface area contributed by atoms with Crippen molar-refractivity contribution in [3.05, 3.63) is 0 Å². The minimum Gasteiger partial charge on any atom is -0.377 e. The van der Waals surface area contributed by atoms with Gasteiger partial charge in [0.1, 0.15) is 5.54 Å². The summed E-state index contributed by atoms with van der Waals surface area (Å²) in [6, 6.07) is 0.149. The first-order chi connectivity index (χ1) is 9.94. The van der Waals surface area contributed by atoms with Crippen LogP contribution in [-0.2, 0) is 14.3 Å². The Hall–Kier alpha value is -0.650. The van der Waals surface area contributed by atoms with E-state index in [1.54, 1.807) is 0 Å². The lowest BCUT2D eigenvalue weighted by atomic mass is 9.46. The molecule has 1 saturated carbocycles. The minimum atomic E-state index is -0.806. The second-order valence-electron chi connectivity index (χ2n) is 7.82. The van der Waals surface area contributed by atoms with Crippen LogP contribution in [0.3, 0.4) is 0 Å². The van der Waals surface area contributed by atoms with Gasteiger partial charge in [-0.05, 0) is 32.1 Å². The Morgan fingerprint density at radius 2 is 2.10 bits per heavy atom. The van der Waals surface area contributed by atoms with Crippen LogP contribution in [0.1, 0.15) is 46.0 Å². The van der Waals surface area contributed by atoms with E-state index in [0.29, 0.717) is 6.10 Å². The quantitative estimate of drug-likeness (QED) is 0.795. The number of nitrogens with two attached hydrogens (primary N) is 1. The molecule has 6 unspecified atom stereocenters. The van der Waals surface area contributed by atoms with Gasteiger partial charge in [-0.1, -0.05) is 13.8 Å². The Labute approximate surface area is 125 Å². The van der Waals surface area contributed by atoms with Crippen molar-refractivity contribution in [3.63, 3.8) is 0 Å². The Morgan fingerprint density at radius 3 is 2.76 bits per heavy atom. The van der Waals surface area contributed by atoms with Gasteiger partial charge in [0.15, 0.2) is 0 Å². The van der Waals surface area contributed by atoms with Crippen LogP contribution in [0, 0.1) is 11.3 Å². The predicted molar refractivity (Wildman–Crippen MR) is 77.6 cm³/mol. The summed E-state index contributed by atoms with van der Waals surface area (Å²) < 4.78 is 11.7. The van der Waals surface area contributed by atoms with Gasteiger partial charge in [0.05, 0.1) is 24.4 Å². The molecule has 5 nitrogen and oxygen atoms in total. The van der Waals surface area contributed by atoms with E-state index in [-0.39, 0.29) is 35.5 Å². The fourth-order valence-corrected chi connectivity index (χ4v) is 5.11. The van der Waals surface area contributed by atoms with Crippen molar-refractivity contribution in [3.8, 4) is 0 Å². The molecular formula is C16H26N2O3. The van der Waals surface area contributed by atoms with Gasteiger partial charge in [-0.3, -0.25) is 4.79 Å². The van der Waals surface area contributed by atoms with Crippen LogP contribution in [0.25, 0.3) is 0 Å². The lowest BCUT2D eigenvalue weighted by molar-refractivity contribution is -0.225. The number of nitrogens with one attached hydrogen (secondary N) is 1. The molecule has 3 heterocycles. The Morgan fingerprint density at radius 1 is 1.29 bits per heavy atom. The van der Waals surface area contributed by atoms with Crippen LogP contribution in [0.4, 0.5) is 0 Å². The van der Waals surface area contributed by atoms with Crippen LogP contribution < -0.4 is 11.1 Å². The predicted octanol–water partition coefficient (Wildman–Crippen LogP) is 0.955. The zero-order valence-corrected chi connectivity index (χ0v) is 12.9. The highest BCUT2D eigenvalue weighted by Crippen LogP contribution is 2.57. The van der Waals surface area contributed by atoms with Gasteiger partial charge >= 0.3 is 0 Å². The maximum atomic E-state index is 12.9. The van der Waals surface area contributed by atoms with Crippen molar-refractivity contribution < 1.29 is 14.3 Å². The average molecular weight is 294 g/mol. The Kier molecular flexibility index (Phi) is 2.95. The second-order valence-corrected chi connectivity index (χ2v) is 7.82. The molecule has 1 amide bonds. The molecule has 5 heteroatoms. The average Bonchev–Trinajstić information content (AvgIpc) is 3.08. The van der Waals surface area contributed by atoms with Crippen LogP contribution >= 0.6 is 0 Å². The van der Waals surface area contributed by atoms with E-state index in [1.165, 1.54) is 0 Å². The number of amides is 1. The van der Waals surface area contributed by atoms with Crippen molar-refractivity contribution in [2.24, 2.45) is 17.1 Å².